The summed E-state index contributed by atoms with van der Waals surface area (Å²) in [5.74, 6) is 0.613. The molecule has 1 nitrogen and oxygen atoms in total. The van der Waals surface area contributed by atoms with Gasteiger partial charge in [0.2, 0.25) is 0 Å². The number of hydrogen-bond donors (Lipinski definition) is 1. The highest BCUT2D eigenvalue weighted by molar-refractivity contribution is 5.38. The van der Waals surface area contributed by atoms with Crippen LogP contribution in [0.2, 0.25) is 0 Å². The molecule has 0 spiro atoms. The summed E-state index contributed by atoms with van der Waals surface area (Å²) in [4.78, 5) is 0. The quantitative estimate of drug-likeness (QED) is 0.697. The summed E-state index contributed by atoms with van der Waals surface area (Å²) >= 11 is 0. The van der Waals surface area contributed by atoms with Crippen molar-refractivity contribution in [2.45, 2.75) is 32.7 Å². The standard InChI is InChI=1S/C12H17N/c1-3-9-4-5-10-6-8(2)12(13)11(10)7-9/h4-5,7-8,12H,3,6,13H2,1-2H3. The van der Waals surface area contributed by atoms with Gasteiger partial charge >= 0.3 is 0 Å². The van der Waals surface area contributed by atoms with Crippen LogP contribution in [0.25, 0.3) is 0 Å². The van der Waals surface area contributed by atoms with Crippen LogP contribution in [-0.4, -0.2) is 0 Å². The zero-order valence-electron chi connectivity index (χ0n) is 8.38. The topological polar surface area (TPSA) is 26.0 Å². The molecule has 0 aromatic heterocycles. The van der Waals surface area contributed by atoms with E-state index in [1.807, 2.05) is 0 Å². The number of hydrogen-bond acceptors (Lipinski definition) is 1. The third-order valence-electron chi connectivity index (χ3n) is 3.13. The molecule has 1 aliphatic rings. The van der Waals surface area contributed by atoms with Crippen LogP contribution in [0, 0.1) is 5.92 Å². The van der Waals surface area contributed by atoms with Gasteiger partial charge in [-0.25, -0.2) is 0 Å². The third-order valence-corrected chi connectivity index (χ3v) is 3.13. The van der Waals surface area contributed by atoms with Crippen molar-refractivity contribution < 1.29 is 0 Å². The van der Waals surface area contributed by atoms with Crippen molar-refractivity contribution in [2.75, 3.05) is 0 Å². The van der Waals surface area contributed by atoms with Gasteiger partial charge in [0.25, 0.3) is 0 Å². The molecule has 2 unspecified atom stereocenters. The Bertz CT molecular complexity index is 317. The number of nitrogens with two attached hydrogens (primary N) is 1. The average Bonchev–Trinajstić information content (AvgIpc) is 2.43. The van der Waals surface area contributed by atoms with Crippen LogP contribution in [0.4, 0.5) is 0 Å². The predicted octanol–water partition coefficient (Wildman–Crippen LogP) is 2.44. The second-order valence-corrected chi connectivity index (χ2v) is 4.09. The van der Waals surface area contributed by atoms with Crippen molar-refractivity contribution in [1.29, 1.82) is 0 Å². The maximum Gasteiger partial charge on any atom is 0.0326 e. The van der Waals surface area contributed by atoms with Gasteiger partial charge in [0.1, 0.15) is 0 Å². The van der Waals surface area contributed by atoms with Crippen LogP contribution in [0.1, 0.15) is 36.6 Å². The smallest absolute Gasteiger partial charge is 0.0326 e. The molecule has 13 heavy (non-hydrogen) atoms. The van der Waals surface area contributed by atoms with E-state index in [1.165, 1.54) is 16.7 Å². The van der Waals surface area contributed by atoms with Crippen LogP contribution in [0.5, 0.6) is 0 Å². The molecule has 70 valence electrons. The molecule has 0 radical (unpaired) electrons. The second kappa shape index (κ2) is 3.15. The van der Waals surface area contributed by atoms with E-state index in [1.54, 1.807) is 0 Å². The highest BCUT2D eigenvalue weighted by Gasteiger charge is 2.25. The maximum atomic E-state index is 6.11. The summed E-state index contributed by atoms with van der Waals surface area (Å²) in [5.41, 5.74) is 10.4. The summed E-state index contributed by atoms with van der Waals surface area (Å²) in [6.07, 6.45) is 2.26. The molecule has 0 bridgehead atoms. The molecular weight excluding hydrogens is 158 g/mol. The van der Waals surface area contributed by atoms with Crippen LogP contribution >= 0.6 is 0 Å². The van der Waals surface area contributed by atoms with Crippen molar-refractivity contribution in [1.82, 2.24) is 0 Å². The molecule has 1 aromatic carbocycles. The Morgan fingerprint density at radius 1 is 1.46 bits per heavy atom. The number of fused-ring (bicyclic) bond motifs is 1. The molecule has 1 heteroatoms. The van der Waals surface area contributed by atoms with Crippen LogP contribution in [0.15, 0.2) is 18.2 Å². The Labute approximate surface area is 80.0 Å². The fraction of sp³-hybridized carbons (Fsp3) is 0.500. The summed E-state index contributed by atoms with van der Waals surface area (Å²) in [5, 5.41) is 0. The van der Waals surface area contributed by atoms with Crippen LogP contribution in [-0.2, 0) is 12.8 Å². The molecule has 0 heterocycles. The fourth-order valence-electron chi connectivity index (χ4n) is 2.14. The Balaban J connectivity index is 2.42. The lowest BCUT2D eigenvalue weighted by atomic mass is 10.0. The monoisotopic (exact) mass is 175 g/mol. The van der Waals surface area contributed by atoms with E-state index < -0.39 is 0 Å². The molecule has 0 saturated carbocycles. The van der Waals surface area contributed by atoms with Gasteiger partial charge in [-0.3, -0.25) is 0 Å². The maximum absolute atomic E-state index is 6.11. The third kappa shape index (κ3) is 1.37. The second-order valence-electron chi connectivity index (χ2n) is 4.09. The first-order valence-corrected chi connectivity index (χ1v) is 5.09. The number of benzene rings is 1. The lowest BCUT2D eigenvalue weighted by molar-refractivity contribution is 0.513. The van der Waals surface area contributed by atoms with Gasteiger partial charge in [-0.2, -0.15) is 0 Å². The average molecular weight is 175 g/mol. The minimum atomic E-state index is 0.265. The van der Waals surface area contributed by atoms with E-state index in [-0.39, 0.29) is 6.04 Å². The van der Waals surface area contributed by atoms with Crippen molar-refractivity contribution in [3.63, 3.8) is 0 Å². The first-order valence-electron chi connectivity index (χ1n) is 5.09. The van der Waals surface area contributed by atoms with Gasteiger partial charge in [-0.1, -0.05) is 32.0 Å². The molecule has 2 N–H and O–H groups in total. The van der Waals surface area contributed by atoms with Gasteiger partial charge in [-0.05, 0) is 35.4 Å². The van der Waals surface area contributed by atoms with Gasteiger partial charge in [0.15, 0.2) is 0 Å². The van der Waals surface area contributed by atoms with Crippen molar-refractivity contribution in [2.24, 2.45) is 11.7 Å². The highest BCUT2D eigenvalue weighted by atomic mass is 14.7. The molecule has 0 fully saturated rings. The summed E-state index contributed by atoms with van der Waals surface area (Å²) < 4.78 is 0. The zero-order chi connectivity index (χ0) is 9.42. The molecule has 2 atom stereocenters. The van der Waals surface area contributed by atoms with E-state index in [0.29, 0.717) is 5.92 Å². The Morgan fingerprint density at radius 2 is 2.23 bits per heavy atom. The first-order chi connectivity index (χ1) is 6.22. The normalized spacial score (nSPS) is 26.1. The van der Waals surface area contributed by atoms with Crippen molar-refractivity contribution >= 4 is 0 Å². The first kappa shape index (κ1) is 8.76. The van der Waals surface area contributed by atoms with E-state index in [0.717, 1.165) is 12.8 Å². The molecule has 1 aromatic rings. The summed E-state index contributed by atoms with van der Waals surface area (Å²) in [7, 11) is 0. The predicted molar refractivity (Wildman–Crippen MR) is 55.6 cm³/mol. The van der Waals surface area contributed by atoms with Crippen molar-refractivity contribution in [3.8, 4) is 0 Å². The summed E-state index contributed by atoms with van der Waals surface area (Å²) in [6, 6.07) is 7.02. The van der Waals surface area contributed by atoms with Gasteiger partial charge in [0, 0.05) is 6.04 Å². The van der Waals surface area contributed by atoms with E-state index in [4.69, 9.17) is 5.73 Å². The highest BCUT2D eigenvalue weighted by Crippen LogP contribution is 2.34. The van der Waals surface area contributed by atoms with Gasteiger partial charge < -0.3 is 5.73 Å². The lowest BCUT2D eigenvalue weighted by Gasteiger charge is -2.10. The SMILES string of the molecule is CCc1ccc2c(c1)C(N)C(C)C2. The minimum Gasteiger partial charge on any atom is -0.324 e. The lowest BCUT2D eigenvalue weighted by Crippen LogP contribution is -2.13. The molecule has 1 aliphatic carbocycles. The van der Waals surface area contributed by atoms with E-state index >= 15 is 0 Å². The minimum absolute atomic E-state index is 0.265. The van der Waals surface area contributed by atoms with Gasteiger partial charge in [0.05, 0.1) is 0 Å². The summed E-state index contributed by atoms with van der Waals surface area (Å²) in [6.45, 7) is 4.42. The van der Waals surface area contributed by atoms with E-state index in [2.05, 4.69) is 32.0 Å². The van der Waals surface area contributed by atoms with Crippen LogP contribution < -0.4 is 5.73 Å². The zero-order valence-corrected chi connectivity index (χ0v) is 8.38. The Hall–Kier alpha value is -0.820. The van der Waals surface area contributed by atoms with E-state index in [9.17, 15) is 0 Å². The Morgan fingerprint density at radius 3 is 2.92 bits per heavy atom. The number of rotatable bonds is 1. The molecular formula is C12H17N. The largest absolute Gasteiger partial charge is 0.324 e. The molecule has 2 rings (SSSR count). The molecule has 0 saturated heterocycles. The van der Waals surface area contributed by atoms with Crippen LogP contribution in [0.3, 0.4) is 0 Å². The Kier molecular flexibility index (Phi) is 2.12. The number of aryl methyl sites for hydroxylation is 1. The van der Waals surface area contributed by atoms with Gasteiger partial charge in [-0.15, -0.1) is 0 Å². The fourth-order valence-corrected chi connectivity index (χ4v) is 2.14. The van der Waals surface area contributed by atoms with Crippen molar-refractivity contribution in [3.05, 3.63) is 34.9 Å². The molecule has 0 amide bonds. The molecule has 0 aliphatic heterocycles.